The number of hydrogen-bond donors (Lipinski definition) is 1. The monoisotopic (exact) mass is 269 g/mol. The van der Waals surface area contributed by atoms with Crippen LogP contribution in [0.1, 0.15) is 25.6 Å². The van der Waals surface area contributed by atoms with Crippen LogP contribution in [0.3, 0.4) is 0 Å². The second-order valence-corrected chi connectivity index (χ2v) is 4.23. The van der Waals surface area contributed by atoms with E-state index in [-0.39, 0.29) is 17.4 Å². The van der Waals surface area contributed by atoms with E-state index >= 15 is 0 Å². The summed E-state index contributed by atoms with van der Waals surface area (Å²) in [6.45, 7) is 4.61. The predicted molar refractivity (Wildman–Crippen MR) is 66.1 cm³/mol. The average molecular weight is 269 g/mol. The first-order valence-electron chi connectivity index (χ1n) is 6.01. The molecule has 1 unspecified atom stereocenters. The van der Waals surface area contributed by atoms with Crippen LogP contribution in [0, 0.1) is 17.5 Å². The SMILES string of the molecule is CCNC(C)c1ccc(-c2cc(F)c(F)cc2F)o1. The van der Waals surface area contributed by atoms with E-state index < -0.39 is 17.5 Å². The molecule has 0 saturated carbocycles. The average Bonchev–Trinajstić information content (AvgIpc) is 2.83. The lowest BCUT2D eigenvalue weighted by Crippen LogP contribution is -2.16. The van der Waals surface area contributed by atoms with Gasteiger partial charge in [0.15, 0.2) is 11.6 Å². The minimum Gasteiger partial charge on any atom is -0.459 e. The zero-order valence-electron chi connectivity index (χ0n) is 10.6. The van der Waals surface area contributed by atoms with Crippen LogP contribution < -0.4 is 5.32 Å². The number of benzene rings is 1. The fraction of sp³-hybridized carbons (Fsp3) is 0.286. The van der Waals surface area contributed by atoms with E-state index in [0.717, 1.165) is 12.6 Å². The van der Waals surface area contributed by atoms with Crippen molar-refractivity contribution >= 4 is 0 Å². The molecule has 2 aromatic rings. The van der Waals surface area contributed by atoms with Crippen molar-refractivity contribution in [3.8, 4) is 11.3 Å². The Morgan fingerprint density at radius 3 is 2.47 bits per heavy atom. The van der Waals surface area contributed by atoms with E-state index in [2.05, 4.69) is 5.32 Å². The third-order valence-corrected chi connectivity index (χ3v) is 2.84. The van der Waals surface area contributed by atoms with Gasteiger partial charge in [-0.1, -0.05) is 6.92 Å². The van der Waals surface area contributed by atoms with Crippen LogP contribution in [0.5, 0.6) is 0 Å². The first-order chi connectivity index (χ1) is 9.02. The lowest BCUT2D eigenvalue weighted by Gasteiger charge is -2.08. The Balaban J connectivity index is 2.35. The van der Waals surface area contributed by atoms with Crippen molar-refractivity contribution in [2.75, 3.05) is 6.54 Å². The molecule has 1 aromatic heterocycles. The molecule has 5 heteroatoms. The van der Waals surface area contributed by atoms with Gasteiger partial charge in [0.05, 0.1) is 11.6 Å². The Labute approximate surface area is 109 Å². The molecule has 0 spiro atoms. The van der Waals surface area contributed by atoms with Gasteiger partial charge in [0, 0.05) is 6.07 Å². The van der Waals surface area contributed by atoms with E-state index in [9.17, 15) is 13.2 Å². The summed E-state index contributed by atoms with van der Waals surface area (Å²) in [6.07, 6.45) is 0. The van der Waals surface area contributed by atoms with E-state index in [1.165, 1.54) is 0 Å². The molecule has 0 radical (unpaired) electrons. The van der Waals surface area contributed by atoms with Gasteiger partial charge >= 0.3 is 0 Å². The van der Waals surface area contributed by atoms with Crippen molar-refractivity contribution in [3.05, 3.63) is 47.5 Å². The second-order valence-electron chi connectivity index (χ2n) is 4.23. The van der Waals surface area contributed by atoms with Crippen LogP contribution in [-0.2, 0) is 0 Å². The van der Waals surface area contributed by atoms with Gasteiger partial charge in [-0.2, -0.15) is 0 Å². The zero-order valence-corrected chi connectivity index (χ0v) is 10.6. The molecule has 0 saturated heterocycles. The fourth-order valence-electron chi connectivity index (χ4n) is 1.85. The molecular formula is C14H14F3NO. The number of furan rings is 1. The first kappa shape index (κ1) is 13.7. The molecule has 2 rings (SSSR count). The van der Waals surface area contributed by atoms with Crippen molar-refractivity contribution in [2.24, 2.45) is 0 Å². The van der Waals surface area contributed by atoms with E-state index in [1.54, 1.807) is 12.1 Å². The van der Waals surface area contributed by atoms with Gasteiger partial charge in [0.1, 0.15) is 17.3 Å². The third-order valence-electron chi connectivity index (χ3n) is 2.84. The van der Waals surface area contributed by atoms with Gasteiger partial charge in [-0.15, -0.1) is 0 Å². The topological polar surface area (TPSA) is 25.2 Å². The molecule has 1 aromatic carbocycles. The standard InChI is InChI=1S/C14H14F3NO/c1-3-18-8(2)13-4-5-14(19-13)9-6-11(16)12(17)7-10(9)15/h4-8,18H,3H2,1-2H3. The van der Waals surface area contributed by atoms with Crippen LogP contribution in [-0.4, -0.2) is 6.54 Å². The molecule has 0 aliphatic carbocycles. The number of hydrogen-bond acceptors (Lipinski definition) is 2. The van der Waals surface area contributed by atoms with Crippen molar-refractivity contribution in [2.45, 2.75) is 19.9 Å². The van der Waals surface area contributed by atoms with Crippen LogP contribution in [0.15, 0.2) is 28.7 Å². The minimum absolute atomic E-state index is 0.0351. The molecule has 2 nitrogen and oxygen atoms in total. The van der Waals surface area contributed by atoms with Crippen molar-refractivity contribution in [1.82, 2.24) is 5.32 Å². The van der Waals surface area contributed by atoms with E-state index in [0.29, 0.717) is 11.8 Å². The summed E-state index contributed by atoms with van der Waals surface area (Å²) in [5.74, 6) is -2.38. The summed E-state index contributed by atoms with van der Waals surface area (Å²) < 4.78 is 45.0. The molecule has 19 heavy (non-hydrogen) atoms. The molecule has 102 valence electrons. The van der Waals surface area contributed by atoms with Crippen molar-refractivity contribution < 1.29 is 17.6 Å². The van der Waals surface area contributed by atoms with Crippen LogP contribution in [0.25, 0.3) is 11.3 Å². The molecule has 1 atom stereocenters. The Morgan fingerprint density at radius 1 is 1.11 bits per heavy atom. The predicted octanol–water partition coefficient (Wildman–Crippen LogP) is 4.03. The third kappa shape index (κ3) is 2.81. The molecule has 0 bridgehead atoms. The molecule has 0 amide bonds. The highest BCUT2D eigenvalue weighted by Gasteiger charge is 2.16. The van der Waals surface area contributed by atoms with Crippen LogP contribution >= 0.6 is 0 Å². The summed E-state index contributed by atoms with van der Waals surface area (Å²) in [5, 5.41) is 3.14. The Hall–Kier alpha value is -1.75. The van der Waals surface area contributed by atoms with Gasteiger partial charge < -0.3 is 9.73 Å². The molecule has 0 aliphatic rings. The van der Waals surface area contributed by atoms with Gasteiger partial charge in [-0.25, -0.2) is 13.2 Å². The maximum Gasteiger partial charge on any atom is 0.161 e. The quantitative estimate of drug-likeness (QED) is 0.847. The lowest BCUT2D eigenvalue weighted by molar-refractivity contribution is 0.442. The largest absolute Gasteiger partial charge is 0.459 e. The molecule has 1 heterocycles. The maximum absolute atomic E-state index is 13.6. The van der Waals surface area contributed by atoms with Gasteiger partial charge in [-0.3, -0.25) is 0 Å². The summed E-state index contributed by atoms with van der Waals surface area (Å²) in [7, 11) is 0. The van der Waals surface area contributed by atoms with E-state index in [4.69, 9.17) is 4.42 Å². The minimum atomic E-state index is -1.21. The highest BCUT2D eigenvalue weighted by atomic mass is 19.2. The van der Waals surface area contributed by atoms with Crippen molar-refractivity contribution in [1.29, 1.82) is 0 Å². The molecule has 1 N–H and O–H groups in total. The Kier molecular flexibility index (Phi) is 3.95. The van der Waals surface area contributed by atoms with Crippen molar-refractivity contribution in [3.63, 3.8) is 0 Å². The Bertz CT molecular complexity index is 580. The molecule has 0 fully saturated rings. The number of halogens is 3. The number of rotatable bonds is 4. The fourth-order valence-corrected chi connectivity index (χ4v) is 1.85. The second kappa shape index (κ2) is 5.48. The lowest BCUT2D eigenvalue weighted by atomic mass is 10.1. The highest BCUT2D eigenvalue weighted by Crippen LogP contribution is 2.28. The van der Waals surface area contributed by atoms with Crippen LogP contribution in [0.2, 0.25) is 0 Å². The van der Waals surface area contributed by atoms with Gasteiger partial charge in [-0.05, 0) is 31.7 Å². The summed E-state index contributed by atoms with van der Waals surface area (Å²) in [5.41, 5.74) is -0.0890. The summed E-state index contributed by atoms with van der Waals surface area (Å²) in [4.78, 5) is 0. The summed E-state index contributed by atoms with van der Waals surface area (Å²) in [6, 6.07) is 4.50. The zero-order chi connectivity index (χ0) is 14.0. The maximum atomic E-state index is 13.6. The number of nitrogens with one attached hydrogen (secondary N) is 1. The highest BCUT2D eigenvalue weighted by molar-refractivity contribution is 5.58. The normalized spacial score (nSPS) is 12.7. The smallest absolute Gasteiger partial charge is 0.161 e. The van der Waals surface area contributed by atoms with Crippen LogP contribution in [0.4, 0.5) is 13.2 Å². The molecular weight excluding hydrogens is 255 g/mol. The van der Waals surface area contributed by atoms with Gasteiger partial charge in [0.2, 0.25) is 0 Å². The molecule has 0 aliphatic heterocycles. The van der Waals surface area contributed by atoms with Gasteiger partial charge in [0.25, 0.3) is 0 Å². The van der Waals surface area contributed by atoms with E-state index in [1.807, 2.05) is 13.8 Å². The Morgan fingerprint density at radius 2 is 1.79 bits per heavy atom. The first-order valence-corrected chi connectivity index (χ1v) is 6.01. The summed E-state index contributed by atoms with van der Waals surface area (Å²) >= 11 is 0.